The molecule has 1 saturated carbocycles. The molecule has 2 N–H and O–H groups in total. The Morgan fingerprint density at radius 3 is 2.64 bits per heavy atom. The highest BCUT2D eigenvalue weighted by Crippen LogP contribution is 2.27. The second-order valence-corrected chi connectivity index (χ2v) is 6.57. The summed E-state index contributed by atoms with van der Waals surface area (Å²) in [6.45, 7) is 3.63. The standard InChI is InChI=1S/C18H27N3O/c22-18(14-19-13-15-8-9-15)20-16-6-5-7-17(12-16)21-10-3-1-2-4-11-21/h5-7,12,15,19H,1-4,8-11,13-14H2,(H,20,22). The molecule has 0 bridgehead atoms. The molecule has 1 aromatic rings. The van der Waals surface area contributed by atoms with Gasteiger partial charge in [0.15, 0.2) is 0 Å². The van der Waals surface area contributed by atoms with E-state index in [-0.39, 0.29) is 5.91 Å². The highest BCUT2D eigenvalue weighted by Gasteiger charge is 2.20. The van der Waals surface area contributed by atoms with Crippen LogP contribution in [0.2, 0.25) is 0 Å². The van der Waals surface area contributed by atoms with Crippen LogP contribution in [0.3, 0.4) is 0 Å². The van der Waals surface area contributed by atoms with E-state index in [1.807, 2.05) is 12.1 Å². The summed E-state index contributed by atoms with van der Waals surface area (Å²) < 4.78 is 0. The van der Waals surface area contributed by atoms with Gasteiger partial charge in [-0.1, -0.05) is 18.9 Å². The van der Waals surface area contributed by atoms with Gasteiger partial charge in [-0.25, -0.2) is 0 Å². The van der Waals surface area contributed by atoms with Gasteiger partial charge < -0.3 is 15.5 Å². The monoisotopic (exact) mass is 301 g/mol. The maximum atomic E-state index is 12.0. The van der Waals surface area contributed by atoms with Gasteiger partial charge >= 0.3 is 0 Å². The van der Waals surface area contributed by atoms with Gasteiger partial charge in [0, 0.05) is 24.5 Å². The van der Waals surface area contributed by atoms with Crippen molar-refractivity contribution in [3.05, 3.63) is 24.3 Å². The van der Waals surface area contributed by atoms with E-state index in [0.717, 1.165) is 31.2 Å². The summed E-state index contributed by atoms with van der Waals surface area (Å²) in [6, 6.07) is 8.25. The zero-order valence-electron chi connectivity index (χ0n) is 13.3. The number of hydrogen-bond donors (Lipinski definition) is 2. The van der Waals surface area contributed by atoms with Crippen LogP contribution in [0.25, 0.3) is 0 Å². The van der Waals surface area contributed by atoms with Gasteiger partial charge in [0.2, 0.25) is 5.91 Å². The van der Waals surface area contributed by atoms with Crippen LogP contribution in [0.15, 0.2) is 24.3 Å². The molecule has 120 valence electrons. The summed E-state index contributed by atoms with van der Waals surface area (Å²) in [5.41, 5.74) is 2.13. The number of amides is 1. The Morgan fingerprint density at radius 1 is 1.14 bits per heavy atom. The normalized spacial score (nSPS) is 18.8. The molecule has 4 nitrogen and oxygen atoms in total. The Balaban J connectivity index is 1.52. The second kappa shape index (κ2) is 7.63. The van der Waals surface area contributed by atoms with E-state index in [0.29, 0.717) is 6.54 Å². The molecule has 0 atom stereocenters. The Kier molecular flexibility index (Phi) is 5.33. The third-order valence-electron chi connectivity index (χ3n) is 4.52. The summed E-state index contributed by atoms with van der Waals surface area (Å²) in [7, 11) is 0. The molecule has 0 spiro atoms. The number of anilines is 2. The van der Waals surface area contributed by atoms with Crippen molar-refractivity contribution in [2.75, 3.05) is 36.4 Å². The third kappa shape index (κ3) is 4.73. The van der Waals surface area contributed by atoms with Crippen molar-refractivity contribution < 1.29 is 4.79 Å². The van der Waals surface area contributed by atoms with E-state index in [2.05, 4.69) is 27.7 Å². The Morgan fingerprint density at radius 2 is 1.91 bits per heavy atom. The minimum atomic E-state index is 0.0497. The first-order chi connectivity index (χ1) is 10.8. The van der Waals surface area contributed by atoms with E-state index < -0.39 is 0 Å². The predicted molar refractivity (Wildman–Crippen MR) is 91.3 cm³/mol. The smallest absolute Gasteiger partial charge is 0.238 e. The molecule has 0 unspecified atom stereocenters. The van der Waals surface area contributed by atoms with Crippen LogP contribution in [0.4, 0.5) is 11.4 Å². The molecule has 2 fully saturated rings. The van der Waals surface area contributed by atoms with Crippen LogP contribution >= 0.6 is 0 Å². The molecule has 1 aliphatic heterocycles. The molecule has 0 aromatic heterocycles. The van der Waals surface area contributed by atoms with Crippen LogP contribution in [0.1, 0.15) is 38.5 Å². The molecule has 3 rings (SSSR count). The van der Waals surface area contributed by atoms with Gasteiger partial charge in [0.25, 0.3) is 0 Å². The van der Waals surface area contributed by atoms with Crippen LogP contribution < -0.4 is 15.5 Å². The van der Waals surface area contributed by atoms with E-state index in [4.69, 9.17) is 0 Å². The van der Waals surface area contributed by atoms with E-state index in [1.54, 1.807) is 0 Å². The zero-order chi connectivity index (χ0) is 15.2. The number of carbonyl (C=O) groups is 1. The fraction of sp³-hybridized carbons (Fsp3) is 0.611. The Labute approximate surface area is 133 Å². The summed E-state index contributed by atoms with van der Waals surface area (Å²) >= 11 is 0. The number of nitrogens with one attached hydrogen (secondary N) is 2. The van der Waals surface area contributed by atoms with Gasteiger partial charge in [-0.2, -0.15) is 0 Å². The molecule has 1 heterocycles. The fourth-order valence-electron chi connectivity index (χ4n) is 3.03. The quantitative estimate of drug-likeness (QED) is 0.849. The molecule has 0 radical (unpaired) electrons. The molecule has 1 saturated heterocycles. The van der Waals surface area contributed by atoms with Gasteiger partial charge in [0.05, 0.1) is 6.54 Å². The number of benzene rings is 1. The van der Waals surface area contributed by atoms with Crippen molar-refractivity contribution in [3.8, 4) is 0 Å². The molecular weight excluding hydrogens is 274 g/mol. The maximum absolute atomic E-state index is 12.0. The highest BCUT2D eigenvalue weighted by molar-refractivity contribution is 5.92. The van der Waals surface area contributed by atoms with Crippen LogP contribution in [0, 0.1) is 5.92 Å². The summed E-state index contributed by atoms with van der Waals surface area (Å²) in [4.78, 5) is 14.4. The van der Waals surface area contributed by atoms with Crippen molar-refractivity contribution in [2.24, 2.45) is 5.92 Å². The summed E-state index contributed by atoms with van der Waals surface area (Å²) in [6.07, 6.45) is 7.82. The van der Waals surface area contributed by atoms with Crippen molar-refractivity contribution in [3.63, 3.8) is 0 Å². The Hall–Kier alpha value is -1.55. The minimum absolute atomic E-state index is 0.0497. The van der Waals surface area contributed by atoms with E-state index >= 15 is 0 Å². The van der Waals surface area contributed by atoms with Crippen LogP contribution in [-0.4, -0.2) is 32.1 Å². The van der Waals surface area contributed by atoms with Gasteiger partial charge in [0.1, 0.15) is 0 Å². The first kappa shape index (κ1) is 15.3. The lowest BCUT2D eigenvalue weighted by Gasteiger charge is -2.23. The summed E-state index contributed by atoms with van der Waals surface area (Å²) in [5.74, 6) is 0.854. The fourth-order valence-corrected chi connectivity index (χ4v) is 3.03. The SMILES string of the molecule is O=C(CNCC1CC1)Nc1cccc(N2CCCCCC2)c1. The molecule has 4 heteroatoms. The van der Waals surface area contributed by atoms with Gasteiger partial charge in [-0.05, 0) is 56.3 Å². The highest BCUT2D eigenvalue weighted by atomic mass is 16.1. The molecule has 2 aliphatic rings. The zero-order valence-corrected chi connectivity index (χ0v) is 13.3. The van der Waals surface area contributed by atoms with Gasteiger partial charge in [-0.3, -0.25) is 4.79 Å². The summed E-state index contributed by atoms with van der Waals surface area (Å²) in [5, 5.41) is 6.23. The molecule has 1 aromatic carbocycles. The topological polar surface area (TPSA) is 44.4 Å². The molecule has 22 heavy (non-hydrogen) atoms. The predicted octanol–water partition coefficient (Wildman–Crippen LogP) is 3.01. The van der Waals surface area contributed by atoms with Crippen molar-refractivity contribution in [2.45, 2.75) is 38.5 Å². The average Bonchev–Trinajstić information content (AvgIpc) is 3.34. The maximum Gasteiger partial charge on any atom is 0.238 e. The minimum Gasteiger partial charge on any atom is -0.371 e. The largest absolute Gasteiger partial charge is 0.371 e. The van der Waals surface area contributed by atoms with Gasteiger partial charge in [-0.15, -0.1) is 0 Å². The van der Waals surface area contributed by atoms with Crippen molar-refractivity contribution in [1.29, 1.82) is 0 Å². The number of nitrogens with zero attached hydrogens (tertiary/aromatic N) is 1. The number of hydrogen-bond acceptors (Lipinski definition) is 3. The second-order valence-electron chi connectivity index (χ2n) is 6.57. The average molecular weight is 301 g/mol. The lowest BCUT2D eigenvalue weighted by atomic mass is 10.2. The lowest BCUT2D eigenvalue weighted by molar-refractivity contribution is -0.115. The first-order valence-electron chi connectivity index (χ1n) is 8.67. The molecular formula is C18H27N3O. The van der Waals surface area contributed by atoms with Crippen LogP contribution in [0.5, 0.6) is 0 Å². The lowest BCUT2D eigenvalue weighted by Crippen LogP contribution is -2.29. The third-order valence-corrected chi connectivity index (χ3v) is 4.52. The van der Waals surface area contributed by atoms with Crippen molar-refractivity contribution in [1.82, 2.24) is 5.32 Å². The molecule has 1 amide bonds. The number of rotatable bonds is 6. The first-order valence-corrected chi connectivity index (χ1v) is 8.67. The molecule has 1 aliphatic carbocycles. The number of carbonyl (C=O) groups excluding carboxylic acids is 1. The van der Waals surface area contributed by atoms with Crippen LogP contribution in [-0.2, 0) is 4.79 Å². The van der Waals surface area contributed by atoms with E-state index in [9.17, 15) is 4.79 Å². The van der Waals surface area contributed by atoms with E-state index in [1.165, 1.54) is 44.2 Å². The van der Waals surface area contributed by atoms with Crippen molar-refractivity contribution >= 4 is 17.3 Å². The Bertz CT molecular complexity index is 491.